The molecule has 0 spiro atoms. The average molecular weight is 550 g/mol. The molecule has 1 saturated heterocycles. The number of H-pyrrole nitrogens is 1. The first-order valence-corrected chi connectivity index (χ1v) is 10.6. The summed E-state index contributed by atoms with van der Waals surface area (Å²) in [4.78, 5) is 10.1. The normalized spacial score (nSPS) is 17.4. The highest BCUT2D eigenvalue weighted by atomic mass is 127. The van der Waals surface area contributed by atoms with E-state index in [2.05, 4.69) is 25.5 Å². The van der Waals surface area contributed by atoms with Crippen molar-refractivity contribution in [3.05, 3.63) is 35.0 Å². The number of aliphatic imine (C=N–C) groups is 1. The second-order valence-electron chi connectivity index (χ2n) is 7.76. The van der Waals surface area contributed by atoms with Crippen molar-refractivity contribution in [1.82, 2.24) is 20.5 Å². The first-order valence-electron chi connectivity index (χ1n) is 10.3. The summed E-state index contributed by atoms with van der Waals surface area (Å²) in [7, 11) is 0. The number of morpholine rings is 1. The number of halogens is 2. The molecular formula is C21H33ClIN5O2. The van der Waals surface area contributed by atoms with Crippen LogP contribution in [-0.2, 0) is 11.2 Å². The van der Waals surface area contributed by atoms with Gasteiger partial charge in [0.25, 0.3) is 0 Å². The van der Waals surface area contributed by atoms with Crippen LogP contribution in [-0.4, -0.2) is 79.0 Å². The van der Waals surface area contributed by atoms with Crippen molar-refractivity contribution in [2.24, 2.45) is 4.99 Å². The largest absolute Gasteiger partial charge is 0.387 e. The molecule has 0 aliphatic carbocycles. The van der Waals surface area contributed by atoms with E-state index in [0.29, 0.717) is 19.0 Å². The molecular weight excluding hydrogens is 517 g/mol. The lowest BCUT2D eigenvalue weighted by molar-refractivity contribution is -0.0179. The number of β-amino-alcohol motifs (C(OH)–C–C–N with tert-alkyl or cyclic N) is 1. The third-order valence-corrected chi connectivity index (χ3v) is 5.24. The number of aromatic nitrogens is 1. The van der Waals surface area contributed by atoms with Crippen LogP contribution < -0.4 is 10.6 Å². The third-order valence-electron chi connectivity index (χ3n) is 5.01. The van der Waals surface area contributed by atoms with Crippen molar-refractivity contribution in [3.8, 4) is 0 Å². The van der Waals surface area contributed by atoms with E-state index in [1.165, 1.54) is 5.56 Å². The molecule has 1 aromatic carbocycles. The van der Waals surface area contributed by atoms with Gasteiger partial charge in [0.1, 0.15) is 0 Å². The van der Waals surface area contributed by atoms with Crippen LogP contribution in [0.5, 0.6) is 0 Å². The third kappa shape index (κ3) is 7.56. The lowest BCUT2D eigenvalue weighted by Gasteiger charge is -2.33. The number of rotatable bonds is 8. The molecule has 168 valence electrons. The fourth-order valence-electron chi connectivity index (χ4n) is 3.56. The minimum Gasteiger partial charge on any atom is -0.387 e. The van der Waals surface area contributed by atoms with Crippen LogP contribution in [0.3, 0.4) is 0 Å². The minimum absolute atomic E-state index is 0. The highest BCUT2D eigenvalue weighted by molar-refractivity contribution is 14.0. The fourth-order valence-corrected chi connectivity index (χ4v) is 3.73. The van der Waals surface area contributed by atoms with Crippen LogP contribution in [0, 0.1) is 0 Å². The summed E-state index contributed by atoms with van der Waals surface area (Å²) in [6.07, 6.45) is 2.87. The van der Waals surface area contributed by atoms with E-state index in [9.17, 15) is 5.11 Å². The van der Waals surface area contributed by atoms with E-state index < -0.39 is 5.60 Å². The Balaban J connectivity index is 0.00000320. The molecule has 1 fully saturated rings. The molecule has 1 atom stereocenters. The van der Waals surface area contributed by atoms with Crippen LogP contribution in [0.4, 0.5) is 0 Å². The first-order chi connectivity index (χ1) is 14.0. The van der Waals surface area contributed by atoms with Crippen LogP contribution in [0.15, 0.2) is 29.4 Å². The molecule has 0 amide bonds. The van der Waals surface area contributed by atoms with E-state index in [1.54, 1.807) is 0 Å². The van der Waals surface area contributed by atoms with Crippen molar-refractivity contribution in [3.63, 3.8) is 0 Å². The summed E-state index contributed by atoms with van der Waals surface area (Å²) in [5, 5.41) is 19.2. The van der Waals surface area contributed by atoms with Gasteiger partial charge in [-0.15, -0.1) is 24.0 Å². The smallest absolute Gasteiger partial charge is 0.191 e. The zero-order valence-corrected chi connectivity index (χ0v) is 20.8. The molecule has 7 nitrogen and oxygen atoms in total. The molecule has 2 aromatic rings. The van der Waals surface area contributed by atoms with Crippen LogP contribution in [0.1, 0.15) is 19.4 Å². The number of hydrogen-bond donors (Lipinski definition) is 4. The van der Waals surface area contributed by atoms with Gasteiger partial charge in [0, 0.05) is 54.8 Å². The van der Waals surface area contributed by atoms with Crippen molar-refractivity contribution in [1.29, 1.82) is 0 Å². The molecule has 0 radical (unpaired) electrons. The second kappa shape index (κ2) is 12.1. The summed E-state index contributed by atoms with van der Waals surface area (Å²) < 4.78 is 5.37. The number of aliphatic hydroxyl groups is 1. The fraction of sp³-hybridized carbons (Fsp3) is 0.571. The standard InChI is InChI=1S/C21H32ClN5O2.HI/c1-3-23-20(26-14-21(2,28)15-27-8-10-29-11-9-27)24-7-6-16-13-25-19-5-4-17(22)12-18(16)19;/h4-5,12-13,25,28H,3,6-11,14-15H2,1-2H3,(H2,23,24,26);1H. The van der Waals surface area contributed by atoms with Crippen molar-refractivity contribution < 1.29 is 9.84 Å². The molecule has 0 bridgehead atoms. The number of ether oxygens (including phenoxy) is 1. The Hall–Kier alpha value is -1.07. The number of nitrogens with zero attached hydrogens (tertiary/aromatic N) is 2. The van der Waals surface area contributed by atoms with Crippen LogP contribution >= 0.6 is 35.6 Å². The molecule has 3 rings (SSSR count). The highest BCUT2D eigenvalue weighted by Gasteiger charge is 2.25. The molecule has 9 heteroatoms. The molecule has 0 saturated carbocycles. The lowest BCUT2D eigenvalue weighted by atomic mass is 10.1. The van der Waals surface area contributed by atoms with E-state index in [1.807, 2.05) is 38.2 Å². The average Bonchev–Trinajstić information content (AvgIpc) is 3.09. The second-order valence-corrected chi connectivity index (χ2v) is 8.20. The van der Waals surface area contributed by atoms with E-state index in [-0.39, 0.29) is 24.0 Å². The Bertz CT molecular complexity index is 821. The Morgan fingerprint density at radius 2 is 2.10 bits per heavy atom. The Kier molecular flexibility index (Phi) is 10.2. The number of benzene rings is 1. The highest BCUT2D eigenvalue weighted by Crippen LogP contribution is 2.22. The lowest BCUT2D eigenvalue weighted by Crippen LogP contribution is -2.48. The van der Waals surface area contributed by atoms with Crippen molar-refractivity contribution >= 4 is 52.4 Å². The van der Waals surface area contributed by atoms with Crippen LogP contribution in [0.25, 0.3) is 10.9 Å². The molecule has 2 heterocycles. The Morgan fingerprint density at radius 3 is 2.83 bits per heavy atom. The maximum absolute atomic E-state index is 10.7. The quantitative estimate of drug-likeness (QED) is 0.231. The van der Waals surface area contributed by atoms with Gasteiger partial charge in [0.2, 0.25) is 0 Å². The van der Waals surface area contributed by atoms with Gasteiger partial charge in [-0.25, -0.2) is 0 Å². The van der Waals surface area contributed by atoms with Gasteiger partial charge >= 0.3 is 0 Å². The topological polar surface area (TPSA) is 84.9 Å². The molecule has 4 N–H and O–H groups in total. The molecule has 1 aliphatic rings. The van der Waals surface area contributed by atoms with Gasteiger partial charge in [-0.3, -0.25) is 9.89 Å². The van der Waals surface area contributed by atoms with Gasteiger partial charge in [0.15, 0.2) is 5.96 Å². The zero-order valence-electron chi connectivity index (χ0n) is 17.7. The van der Waals surface area contributed by atoms with Gasteiger partial charge < -0.3 is 25.5 Å². The summed E-state index contributed by atoms with van der Waals surface area (Å²) in [5.41, 5.74) is 1.42. The minimum atomic E-state index is -0.882. The monoisotopic (exact) mass is 549 g/mol. The number of aromatic amines is 1. The van der Waals surface area contributed by atoms with Crippen molar-refractivity contribution in [2.45, 2.75) is 25.9 Å². The predicted molar refractivity (Wildman–Crippen MR) is 134 cm³/mol. The summed E-state index contributed by atoms with van der Waals surface area (Å²) >= 11 is 6.13. The van der Waals surface area contributed by atoms with E-state index in [4.69, 9.17) is 16.3 Å². The number of nitrogens with one attached hydrogen (secondary N) is 3. The maximum Gasteiger partial charge on any atom is 0.191 e. The summed E-state index contributed by atoms with van der Waals surface area (Å²) in [6, 6.07) is 5.88. The van der Waals surface area contributed by atoms with Gasteiger partial charge in [-0.05, 0) is 44.0 Å². The summed E-state index contributed by atoms with van der Waals surface area (Å²) in [5.74, 6) is 0.715. The maximum atomic E-state index is 10.7. The number of guanidine groups is 1. The Labute approximate surface area is 200 Å². The summed E-state index contributed by atoms with van der Waals surface area (Å²) in [6.45, 7) is 9.45. The van der Waals surface area contributed by atoms with E-state index >= 15 is 0 Å². The van der Waals surface area contributed by atoms with E-state index in [0.717, 1.165) is 61.7 Å². The molecule has 1 unspecified atom stereocenters. The van der Waals surface area contributed by atoms with Crippen LogP contribution in [0.2, 0.25) is 5.02 Å². The molecule has 1 aliphatic heterocycles. The molecule has 30 heavy (non-hydrogen) atoms. The van der Waals surface area contributed by atoms with Crippen molar-refractivity contribution in [2.75, 3.05) is 52.5 Å². The predicted octanol–water partition coefficient (Wildman–Crippen LogP) is 2.62. The Morgan fingerprint density at radius 1 is 1.33 bits per heavy atom. The first kappa shape index (κ1) is 25.2. The zero-order chi connectivity index (χ0) is 20.7. The molecule has 1 aromatic heterocycles. The van der Waals surface area contributed by atoms with Gasteiger partial charge in [-0.1, -0.05) is 11.6 Å². The number of hydrogen-bond acceptors (Lipinski definition) is 4. The number of fused-ring (bicyclic) bond motifs is 1. The van der Waals surface area contributed by atoms with Gasteiger partial charge in [0.05, 0.1) is 25.4 Å². The SMILES string of the molecule is CCNC(=NCC(C)(O)CN1CCOCC1)NCCc1c[nH]c2ccc(Cl)cc12.I. The van der Waals surface area contributed by atoms with Gasteiger partial charge in [-0.2, -0.15) is 0 Å².